The molecule has 0 bridgehead atoms. The van der Waals surface area contributed by atoms with Crippen molar-refractivity contribution in [2.75, 3.05) is 19.6 Å². The number of carbonyl (C=O) groups is 1. The summed E-state index contributed by atoms with van der Waals surface area (Å²) in [5, 5.41) is 2.86. The van der Waals surface area contributed by atoms with E-state index >= 15 is 0 Å². The van der Waals surface area contributed by atoms with E-state index in [1.807, 2.05) is 25.7 Å². The van der Waals surface area contributed by atoms with Gasteiger partial charge in [0.1, 0.15) is 6.17 Å². The Labute approximate surface area is 84.7 Å². The van der Waals surface area contributed by atoms with Gasteiger partial charge in [-0.25, -0.2) is 4.39 Å². The molecule has 82 valence electrons. The van der Waals surface area contributed by atoms with Crippen molar-refractivity contribution in [2.45, 2.75) is 38.9 Å². The van der Waals surface area contributed by atoms with Crippen molar-refractivity contribution >= 4 is 5.91 Å². The maximum absolute atomic E-state index is 12.8. The summed E-state index contributed by atoms with van der Waals surface area (Å²) in [6.45, 7) is 7.22. The Morgan fingerprint density at radius 2 is 2.21 bits per heavy atom. The lowest BCUT2D eigenvalue weighted by Crippen LogP contribution is -2.45. The summed E-state index contributed by atoms with van der Waals surface area (Å²) < 4.78 is 12.8. The number of nitrogens with one attached hydrogen (secondary N) is 1. The molecule has 0 aromatic heterocycles. The summed E-state index contributed by atoms with van der Waals surface area (Å²) in [5.74, 6) is -0.0217. The standard InChI is InChI=1S/C10H19FN2O/c1-10(2,3)12-9(14)7-13-5-4-8(11)6-13/h8H,4-7H2,1-3H3,(H,12,14)/t8-/m0/s1. The molecule has 14 heavy (non-hydrogen) atoms. The fourth-order valence-corrected chi connectivity index (χ4v) is 1.59. The second kappa shape index (κ2) is 4.26. The Bertz CT molecular complexity index is 213. The van der Waals surface area contributed by atoms with Gasteiger partial charge in [0.05, 0.1) is 6.54 Å². The number of carbonyl (C=O) groups excluding carboxylic acids is 1. The van der Waals surface area contributed by atoms with Gasteiger partial charge in [0, 0.05) is 18.6 Å². The molecule has 1 saturated heterocycles. The third kappa shape index (κ3) is 4.05. The summed E-state index contributed by atoms with van der Waals surface area (Å²) in [6, 6.07) is 0. The first-order chi connectivity index (χ1) is 6.37. The quantitative estimate of drug-likeness (QED) is 0.723. The molecule has 0 aromatic rings. The lowest BCUT2D eigenvalue weighted by molar-refractivity contribution is -0.123. The Morgan fingerprint density at radius 3 is 2.64 bits per heavy atom. The molecular formula is C10H19FN2O. The van der Waals surface area contributed by atoms with E-state index < -0.39 is 6.17 Å². The van der Waals surface area contributed by atoms with Gasteiger partial charge < -0.3 is 5.32 Å². The smallest absolute Gasteiger partial charge is 0.234 e. The van der Waals surface area contributed by atoms with Gasteiger partial charge in [-0.2, -0.15) is 0 Å². The summed E-state index contributed by atoms with van der Waals surface area (Å²) in [7, 11) is 0. The third-order valence-corrected chi connectivity index (χ3v) is 2.10. The van der Waals surface area contributed by atoms with Crippen LogP contribution in [0.4, 0.5) is 4.39 Å². The monoisotopic (exact) mass is 202 g/mol. The summed E-state index contributed by atoms with van der Waals surface area (Å²) in [4.78, 5) is 13.3. The van der Waals surface area contributed by atoms with E-state index in [1.54, 1.807) is 0 Å². The van der Waals surface area contributed by atoms with E-state index in [4.69, 9.17) is 0 Å². The summed E-state index contributed by atoms with van der Waals surface area (Å²) in [5.41, 5.74) is -0.202. The van der Waals surface area contributed by atoms with Gasteiger partial charge in [-0.1, -0.05) is 0 Å². The SMILES string of the molecule is CC(C)(C)NC(=O)CN1CC[C@H](F)C1. The van der Waals surface area contributed by atoms with Crippen LogP contribution >= 0.6 is 0 Å². The topological polar surface area (TPSA) is 32.3 Å². The van der Waals surface area contributed by atoms with Gasteiger partial charge in [0.15, 0.2) is 0 Å². The average Bonchev–Trinajstić information content (AvgIpc) is 2.30. The number of nitrogens with zero attached hydrogens (tertiary/aromatic N) is 1. The van der Waals surface area contributed by atoms with Crippen LogP contribution in [0.5, 0.6) is 0 Å². The Morgan fingerprint density at radius 1 is 1.57 bits per heavy atom. The normalized spacial score (nSPS) is 23.9. The second-order valence-electron chi connectivity index (χ2n) is 4.92. The minimum absolute atomic E-state index is 0.0217. The van der Waals surface area contributed by atoms with E-state index in [1.165, 1.54) is 0 Å². The van der Waals surface area contributed by atoms with Crippen molar-refractivity contribution < 1.29 is 9.18 Å². The Kier molecular flexibility index (Phi) is 3.48. The number of hydrogen-bond acceptors (Lipinski definition) is 2. The van der Waals surface area contributed by atoms with Gasteiger partial charge in [0.2, 0.25) is 5.91 Å². The Balaban J connectivity index is 2.27. The molecule has 4 heteroatoms. The van der Waals surface area contributed by atoms with Crippen molar-refractivity contribution in [3.05, 3.63) is 0 Å². The number of alkyl halides is 1. The van der Waals surface area contributed by atoms with Crippen LogP contribution in [0.25, 0.3) is 0 Å². The van der Waals surface area contributed by atoms with Crippen LogP contribution < -0.4 is 5.32 Å². The second-order valence-corrected chi connectivity index (χ2v) is 4.92. The maximum Gasteiger partial charge on any atom is 0.234 e. The van der Waals surface area contributed by atoms with Crippen LogP contribution in [0, 0.1) is 0 Å². The molecule has 1 atom stereocenters. The Hall–Kier alpha value is -0.640. The predicted octanol–water partition coefficient (Wildman–Crippen LogP) is 0.945. The fourth-order valence-electron chi connectivity index (χ4n) is 1.59. The molecule has 0 aliphatic carbocycles. The van der Waals surface area contributed by atoms with Crippen LogP contribution in [0.2, 0.25) is 0 Å². The molecule has 1 N–H and O–H groups in total. The molecule has 3 nitrogen and oxygen atoms in total. The van der Waals surface area contributed by atoms with Gasteiger partial charge >= 0.3 is 0 Å². The molecule has 1 rings (SSSR count). The van der Waals surface area contributed by atoms with E-state index in [0.717, 1.165) is 0 Å². The molecule has 1 aliphatic rings. The zero-order chi connectivity index (χ0) is 10.8. The van der Waals surface area contributed by atoms with Crippen LogP contribution in [-0.4, -0.2) is 42.2 Å². The van der Waals surface area contributed by atoms with E-state index in [-0.39, 0.29) is 11.4 Å². The van der Waals surface area contributed by atoms with Crippen molar-refractivity contribution in [3.63, 3.8) is 0 Å². The molecule has 0 saturated carbocycles. The van der Waals surface area contributed by atoms with E-state index in [2.05, 4.69) is 5.32 Å². The summed E-state index contributed by atoms with van der Waals surface area (Å²) >= 11 is 0. The van der Waals surface area contributed by atoms with Gasteiger partial charge in [-0.05, 0) is 27.2 Å². The van der Waals surface area contributed by atoms with Crippen molar-refractivity contribution in [2.24, 2.45) is 0 Å². The van der Waals surface area contributed by atoms with Crippen LogP contribution in [0.1, 0.15) is 27.2 Å². The van der Waals surface area contributed by atoms with E-state index in [0.29, 0.717) is 26.1 Å². The number of likely N-dealkylation sites (tertiary alicyclic amines) is 1. The molecule has 1 fully saturated rings. The van der Waals surface area contributed by atoms with Crippen LogP contribution in [-0.2, 0) is 4.79 Å². The number of rotatable bonds is 2. The first kappa shape index (κ1) is 11.4. The minimum atomic E-state index is -0.752. The zero-order valence-corrected chi connectivity index (χ0v) is 9.14. The molecule has 1 aliphatic heterocycles. The van der Waals surface area contributed by atoms with Gasteiger partial charge in [0.25, 0.3) is 0 Å². The zero-order valence-electron chi connectivity index (χ0n) is 9.14. The van der Waals surface area contributed by atoms with Crippen LogP contribution in [0.3, 0.4) is 0 Å². The molecule has 0 aromatic carbocycles. The summed E-state index contributed by atoms with van der Waals surface area (Å²) in [6.07, 6.45) is -0.194. The first-order valence-corrected chi connectivity index (χ1v) is 5.04. The third-order valence-electron chi connectivity index (χ3n) is 2.10. The first-order valence-electron chi connectivity index (χ1n) is 5.04. The van der Waals surface area contributed by atoms with Crippen molar-refractivity contribution in [1.82, 2.24) is 10.2 Å². The number of amides is 1. The van der Waals surface area contributed by atoms with Gasteiger partial charge in [-0.3, -0.25) is 9.69 Å². The number of hydrogen-bond donors (Lipinski definition) is 1. The largest absolute Gasteiger partial charge is 0.350 e. The fraction of sp³-hybridized carbons (Fsp3) is 0.900. The molecule has 1 amide bonds. The highest BCUT2D eigenvalue weighted by molar-refractivity contribution is 5.78. The maximum atomic E-state index is 12.8. The number of halogens is 1. The molecule has 0 radical (unpaired) electrons. The molecule has 1 heterocycles. The highest BCUT2D eigenvalue weighted by Gasteiger charge is 2.24. The highest BCUT2D eigenvalue weighted by atomic mass is 19.1. The van der Waals surface area contributed by atoms with Crippen molar-refractivity contribution in [1.29, 1.82) is 0 Å². The van der Waals surface area contributed by atoms with E-state index in [9.17, 15) is 9.18 Å². The molecule has 0 spiro atoms. The van der Waals surface area contributed by atoms with Crippen LogP contribution in [0.15, 0.2) is 0 Å². The lowest BCUT2D eigenvalue weighted by atomic mass is 10.1. The lowest BCUT2D eigenvalue weighted by Gasteiger charge is -2.22. The average molecular weight is 202 g/mol. The van der Waals surface area contributed by atoms with Crippen molar-refractivity contribution in [3.8, 4) is 0 Å². The predicted molar refractivity (Wildman–Crippen MR) is 53.8 cm³/mol. The van der Waals surface area contributed by atoms with Gasteiger partial charge in [-0.15, -0.1) is 0 Å². The highest BCUT2D eigenvalue weighted by Crippen LogP contribution is 2.11. The minimum Gasteiger partial charge on any atom is -0.350 e. The molecular weight excluding hydrogens is 183 g/mol. The molecule has 0 unspecified atom stereocenters.